The van der Waals surface area contributed by atoms with Crippen molar-refractivity contribution in [1.29, 1.82) is 0 Å². The summed E-state index contributed by atoms with van der Waals surface area (Å²) in [5.74, 6) is 0. The Morgan fingerprint density at radius 2 is 0.842 bits per heavy atom. The molecule has 0 spiro atoms. The van der Waals surface area contributed by atoms with E-state index in [0.717, 1.165) is 6.42 Å². The summed E-state index contributed by atoms with van der Waals surface area (Å²) in [4.78, 5) is 2.52. The van der Waals surface area contributed by atoms with Crippen molar-refractivity contribution in [1.82, 2.24) is 0 Å². The molecule has 1 atom stereocenters. The molecule has 1 unspecified atom stereocenters. The van der Waals surface area contributed by atoms with Gasteiger partial charge in [-0.3, -0.25) is 0 Å². The molecule has 1 aliphatic rings. The first kappa shape index (κ1) is 33.1. The highest BCUT2D eigenvalue weighted by molar-refractivity contribution is 6.25. The van der Waals surface area contributed by atoms with Gasteiger partial charge in [0, 0.05) is 11.4 Å². The van der Waals surface area contributed by atoms with Crippen molar-refractivity contribution in [3.8, 4) is 33.4 Å². The van der Waals surface area contributed by atoms with E-state index in [4.69, 9.17) is 0 Å². The van der Waals surface area contributed by atoms with E-state index in [-0.39, 0.29) is 6.04 Å². The molecular weight excluding hydrogens is 687 g/mol. The molecule has 1 aliphatic heterocycles. The van der Waals surface area contributed by atoms with E-state index in [1.165, 1.54) is 99.0 Å². The van der Waals surface area contributed by atoms with Crippen LogP contribution in [0.2, 0.25) is 0 Å². The molecular formula is C56H39N. The second-order valence-electron chi connectivity index (χ2n) is 15.1. The molecule has 0 N–H and O–H groups in total. The van der Waals surface area contributed by atoms with Gasteiger partial charge in [0.2, 0.25) is 0 Å². The Bertz CT molecular complexity index is 3130. The minimum atomic E-state index is 0.233. The second kappa shape index (κ2) is 13.8. The average Bonchev–Trinajstić information content (AvgIpc) is 3.74. The van der Waals surface area contributed by atoms with Crippen molar-refractivity contribution < 1.29 is 0 Å². The Balaban J connectivity index is 1.12. The van der Waals surface area contributed by atoms with Gasteiger partial charge in [-0.15, -0.1) is 0 Å². The van der Waals surface area contributed by atoms with Gasteiger partial charge in [0.15, 0.2) is 0 Å². The van der Waals surface area contributed by atoms with Gasteiger partial charge >= 0.3 is 0 Å². The van der Waals surface area contributed by atoms with Gasteiger partial charge in [-0.2, -0.15) is 0 Å². The van der Waals surface area contributed by atoms with Crippen LogP contribution in [0.5, 0.6) is 0 Å². The number of hydrogen-bond donors (Lipinski definition) is 0. The molecule has 57 heavy (non-hydrogen) atoms. The van der Waals surface area contributed by atoms with E-state index in [9.17, 15) is 0 Å². The molecule has 0 aliphatic carbocycles. The highest BCUT2D eigenvalue weighted by Crippen LogP contribution is 2.48. The van der Waals surface area contributed by atoms with Crippen molar-refractivity contribution in [2.75, 3.05) is 4.90 Å². The molecule has 1 heterocycles. The molecule has 268 valence electrons. The van der Waals surface area contributed by atoms with Gasteiger partial charge in [-0.1, -0.05) is 200 Å². The molecule has 0 fully saturated rings. The average molecular weight is 726 g/mol. The molecule has 10 aromatic rings. The Morgan fingerprint density at radius 1 is 0.351 bits per heavy atom. The lowest BCUT2D eigenvalue weighted by Gasteiger charge is -2.31. The van der Waals surface area contributed by atoms with Gasteiger partial charge in [0.05, 0.1) is 6.04 Å². The monoisotopic (exact) mass is 725 g/mol. The summed E-state index contributed by atoms with van der Waals surface area (Å²) in [5.41, 5.74) is 12.5. The zero-order valence-electron chi connectivity index (χ0n) is 31.5. The molecule has 1 nitrogen and oxygen atoms in total. The Kier molecular flexibility index (Phi) is 8.03. The summed E-state index contributed by atoms with van der Waals surface area (Å²) in [6, 6.07) is 78.4. The third kappa shape index (κ3) is 5.62. The number of hydrogen-bond acceptors (Lipinski definition) is 1. The zero-order chi connectivity index (χ0) is 37.7. The molecule has 0 amide bonds. The smallest absolute Gasteiger partial charge is 0.0626 e. The topological polar surface area (TPSA) is 3.24 Å². The van der Waals surface area contributed by atoms with E-state index >= 15 is 0 Å². The highest BCUT2D eigenvalue weighted by atomic mass is 15.2. The Morgan fingerprint density at radius 3 is 1.47 bits per heavy atom. The predicted molar refractivity (Wildman–Crippen MR) is 243 cm³/mol. The summed E-state index contributed by atoms with van der Waals surface area (Å²) in [7, 11) is 0. The zero-order valence-corrected chi connectivity index (χ0v) is 31.5. The van der Waals surface area contributed by atoms with Crippen molar-refractivity contribution in [2.24, 2.45) is 0 Å². The maximum Gasteiger partial charge on any atom is 0.0626 e. The van der Waals surface area contributed by atoms with Crippen LogP contribution < -0.4 is 4.90 Å². The fourth-order valence-corrected chi connectivity index (χ4v) is 9.38. The maximum absolute atomic E-state index is 2.52. The van der Waals surface area contributed by atoms with E-state index in [0.29, 0.717) is 0 Å². The van der Waals surface area contributed by atoms with Crippen LogP contribution in [0.25, 0.3) is 82.2 Å². The van der Waals surface area contributed by atoms with Crippen LogP contribution in [0.4, 0.5) is 5.69 Å². The molecule has 0 saturated carbocycles. The van der Waals surface area contributed by atoms with Crippen LogP contribution in [-0.4, -0.2) is 0 Å². The summed E-state index contributed by atoms with van der Waals surface area (Å²) in [6.07, 6.45) is 3.36. The SMILES string of the molecule is C1=C(c2ccccc2)N(c2ccc(-c3ccc4c(-c5cccc6ccccc56)c5ccccc5c(-c5cccc6ccccc56)c4c3)cc2)C(c2ccccc2)C1. The number of nitrogens with zero attached hydrogens (tertiary/aromatic N) is 1. The van der Waals surface area contributed by atoms with Crippen LogP contribution in [0, 0.1) is 0 Å². The predicted octanol–water partition coefficient (Wildman–Crippen LogP) is 15.3. The third-order valence-electron chi connectivity index (χ3n) is 12.0. The lowest BCUT2D eigenvalue weighted by Crippen LogP contribution is -2.22. The number of benzene rings is 10. The number of rotatable bonds is 6. The van der Waals surface area contributed by atoms with Crippen LogP contribution in [0.3, 0.4) is 0 Å². The maximum atomic E-state index is 2.52. The molecule has 0 bridgehead atoms. The summed E-state index contributed by atoms with van der Waals surface area (Å²) < 4.78 is 0. The van der Waals surface area contributed by atoms with E-state index in [1.807, 2.05) is 0 Å². The van der Waals surface area contributed by atoms with E-state index in [1.54, 1.807) is 0 Å². The lowest BCUT2D eigenvalue weighted by atomic mass is 9.83. The summed E-state index contributed by atoms with van der Waals surface area (Å²) in [6.45, 7) is 0. The Hall–Kier alpha value is -7.22. The fourth-order valence-electron chi connectivity index (χ4n) is 9.38. The summed E-state index contributed by atoms with van der Waals surface area (Å²) in [5, 5.41) is 10.1. The molecule has 0 aromatic heterocycles. The van der Waals surface area contributed by atoms with Gasteiger partial charge in [0.25, 0.3) is 0 Å². The standard InChI is InChI=1S/C56H39N/c1-3-17-41(18-4-1)53-35-36-54(42-19-5-2-6-20-42)57(53)44-32-29-38(30-33-44)43-31-34-51-52(37-43)56(48-28-14-22-40-16-8-10-24-46(40)48)50-26-12-11-25-49(50)55(51)47-27-13-21-39-15-7-9-23-45(39)47/h1-35,37,54H,36H2. The van der Waals surface area contributed by atoms with Crippen molar-refractivity contribution >= 4 is 54.5 Å². The van der Waals surface area contributed by atoms with Gasteiger partial charge in [-0.05, 0) is 112 Å². The van der Waals surface area contributed by atoms with E-state index in [2.05, 4.69) is 223 Å². The van der Waals surface area contributed by atoms with Crippen molar-refractivity contribution in [3.63, 3.8) is 0 Å². The minimum absolute atomic E-state index is 0.233. The van der Waals surface area contributed by atoms with Gasteiger partial charge in [0.1, 0.15) is 0 Å². The molecule has 1 heteroatoms. The largest absolute Gasteiger partial charge is 0.333 e. The van der Waals surface area contributed by atoms with Crippen LogP contribution in [0.1, 0.15) is 23.6 Å². The second-order valence-corrected chi connectivity index (χ2v) is 15.1. The van der Waals surface area contributed by atoms with E-state index < -0.39 is 0 Å². The fraction of sp³-hybridized carbons (Fsp3) is 0.0357. The molecule has 10 aromatic carbocycles. The lowest BCUT2D eigenvalue weighted by molar-refractivity contribution is 0.749. The number of anilines is 1. The highest BCUT2D eigenvalue weighted by Gasteiger charge is 2.29. The van der Waals surface area contributed by atoms with Crippen LogP contribution in [-0.2, 0) is 0 Å². The molecule has 11 rings (SSSR count). The first-order valence-electron chi connectivity index (χ1n) is 20.0. The first-order valence-corrected chi connectivity index (χ1v) is 20.0. The molecule has 0 radical (unpaired) electrons. The molecule has 0 saturated heterocycles. The first-order chi connectivity index (χ1) is 28.3. The van der Waals surface area contributed by atoms with Gasteiger partial charge < -0.3 is 4.90 Å². The quantitative estimate of drug-likeness (QED) is 0.154. The Labute approximate surface area is 333 Å². The number of fused-ring (bicyclic) bond motifs is 4. The van der Waals surface area contributed by atoms with Crippen molar-refractivity contribution in [2.45, 2.75) is 12.5 Å². The minimum Gasteiger partial charge on any atom is -0.333 e. The summed E-state index contributed by atoms with van der Waals surface area (Å²) >= 11 is 0. The van der Waals surface area contributed by atoms with Crippen LogP contribution >= 0.6 is 0 Å². The normalized spacial score (nSPS) is 14.1. The van der Waals surface area contributed by atoms with Gasteiger partial charge in [-0.25, -0.2) is 0 Å². The van der Waals surface area contributed by atoms with Crippen LogP contribution in [0.15, 0.2) is 218 Å². The third-order valence-corrected chi connectivity index (χ3v) is 12.0. The van der Waals surface area contributed by atoms with Crippen molar-refractivity contribution in [3.05, 3.63) is 230 Å².